The standard InChI is InChI=1S/C13H16O2/c1-3-11(2)15-13-8-6-12(7-9-13)5-4-10-14/h6-9,11,14H,3,10H2,1-2H3. The van der Waals surface area contributed by atoms with Crippen LogP contribution in [0.4, 0.5) is 0 Å². The van der Waals surface area contributed by atoms with Crippen molar-refractivity contribution in [2.45, 2.75) is 26.4 Å². The van der Waals surface area contributed by atoms with E-state index in [2.05, 4.69) is 18.8 Å². The molecule has 0 aliphatic heterocycles. The highest BCUT2D eigenvalue weighted by atomic mass is 16.5. The van der Waals surface area contributed by atoms with Crippen LogP contribution in [0.1, 0.15) is 25.8 Å². The van der Waals surface area contributed by atoms with Crippen LogP contribution in [0.2, 0.25) is 0 Å². The van der Waals surface area contributed by atoms with E-state index in [1.165, 1.54) is 0 Å². The molecule has 0 radical (unpaired) electrons. The summed E-state index contributed by atoms with van der Waals surface area (Å²) in [7, 11) is 0. The first kappa shape index (κ1) is 11.6. The van der Waals surface area contributed by atoms with Gasteiger partial charge in [-0.25, -0.2) is 0 Å². The van der Waals surface area contributed by atoms with Crippen molar-refractivity contribution >= 4 is 0 Å². The zero-order chi connectivity index (χ0) is 11.1. The van der Waals surface area contributed by atoms with Gasteiger partial charge < -0.3 is 9.84 Å². The fraction of sp³-hybridized carbons (Fsp3) is 0.385. The molecular formula is C13H16O2. The van der Waals surface area contributed by atoms with Gasteiger partial charge in [-0.3, -0.25) is 0 Å². The third kappa shape index (κ3) is 4.05. The molecule has 0 aliphatic carbocycles. The minimum absolute atomic E-state index is 0.106. The van der Waals surface area contributed by atoms with Gasteiger partial charge in [-0.1, -0.05) is 18.8 Å². The summed E-state index contributed by atoms with van der Waals surface area (Å²) >= 11 is 0. The monoisotopic (exact) mass is 204 g/mol. The summed E-state index contributed by atoms with van der Waals surface area (Å²) in [6.45, 7) is 4.02. The van der Waals surface area contributed by atoms with Crippen molar-refractivity contribution in [1.29, 1.82) is 0 Å². The van der Waals surface area contributed by atoms with E-state index in [1.807, 2.05) is 31.2 Å². The molecule has 0 bridgehead atoms. The van der Waals surface area contributed by atoms with Crippen LogP contribution in [-0.4, -0.2) is 17.8 Å². The second-order valence-electron chi connectivity index (χ2n) is 3.32. The molecule has 0 amide bonds. The number of rotatable bonds is 3. The summed E-state index contributed by atoms with van der Waals surface area (Å²) < 4.78 is 5.63. The maximum atomic E-state index is 8.53. The molecule has 1 N–H and O–H groups in total. The molecule has 80 valence electrons. The molecule has 1 aromatic carbocycles. The number of hydrogen-bond donors (Lipinski definition) is 1. The van der Waals surface area contributed by atoms with Gasteiger partial charge in [0.2, 0.25) is 0 Å². The Bertz CT molecular complexity index is 343. The van der Waals surface area contributed by atoms with Crippen LogP contribution < -0.4 is 4.74 Å². The van der Waals surface area contributed by atoms with E-state index in [4.69, 9.17) is 9.84 Å². The predicted molar refractivity (Wildman–Crippen MR) is 60.8 cm³/mol. The Kier molecular flexibility index (Phi) is 4.73. The maximum absolute atomic E-state index is 8.53. The molecule has 0 aliphatic rings. The summed E-state index contributed by atoms with van der Waals surface area (Å²) in [4.78, 5) is 0. The highest BCUT2D eigenvalue weighted by molar-refractivity contribution is 5.38. The molecule has 0 spiro atoms. The van der Waals surface area contributed by atoms with E-state index in [1.54, 1.807) is 0 Å². The molecule has 0 aromatic heterocycles. The van der Waals surface area contributed by atoms with Crippen LogP contribution in [0.5, 0.6) is 5.75 Å². The van der Waals surface area contributed by atoms with E-state index in [0.29, 0.717) is 0 Å². The molecule has 1 unspecified atom stereocenters. The molecular weight excluding hydrogens is 188 g/mol. The van der Waals surface area contributed by atoms with Gasteiger partial charge in [-0.2, -0.15) is 0 Å². The van der Waals surface area contributed by atoms with Crippen LogP contribution in [-0.2, 0) is 0 Å². The lowest BCUT2D eigenvalue weighted by Crippen LogP contribution is -2.09. The van der Waals surface area contributed by atoms with E-state index < -0.39 is 0 Å². The zero-order valence-corrected chi connectivity index (χ0v) is 9.16. The van der Waals surface area contributed by atoms with Crippen molar-refractivity contribution in [1.82, 2.24) is 0 Å². The summed E-state index contributed by atoms with van der Waals surface area (Å²) in [6.07, 6.45) is 1.23. The minimum Gasteiger partial charge on any atom is -0.491 e. The van der Waals surface area contributed by atoms with E-state index in [9.17, 15) is 0 Å². The molecule has 15 heavy (non-hydrogen) atoms. The largest absolute Gasteiger partial charge is 0.491 e. The Labute approximate surface area is 90.9 Å². The van der Waals surface area contributed by atoms with Crippen LogP contribution in [0, 0.1) is 11.8 Å². The summed E-state index contributed by atoms with van der Waals surface area (Å²) in [5.41, 5.74) is 0.889. The van der Waals surface area contributed by atoms with E-state index >= 15 is 0 Å². The highest BCUT2D eigenvalue weighted by Gasteiger charge is 1.99. The molecule has 0 saturated carbocycles. The Morgan fingerprint density at radius 2 is 2.00 bits per heavy atom. The molecule has 1 atom stereocenters. The second-order valence-corrected chi connectivity index (χ2v) is 3.32. The maximum Gasteiger partial charge on any atom is 0.119 e. The first-order valence-corrected chi connectivity index (χ1v) is 5.12. The number of ether oxygens (including phenoxy) is 1. The molecule has 1 aromatic rings. The van der Waals surface area contributed by atoms with E-state index in [0.717, 1.165) is 17.7 Å². The molecule has 0 fully saturated rings. The number of aliphatic hydroxyl groups is 1. The average molecular weight is 204 g/mol. The topological polar surface area (TPSA) is 29.5 Å². The third-order valence-electron chi connectivity index (χ3n) is 2.08. The van der Waals surface area contributed by atoms with Crippen molar-refractivity contribution in [2.75, 3.05) is 6.61 Å². The fourth-order valence-corrected chi connectivity index (χ4v) is 1.07. The van der Waals surface area contributed by atoms with Gasteiger partial charge in [-0.15, -0.1) is 0 Å². The summed E-state index contributed by atoms with van der Waals surface area (Å²) in [5.74, 6) is 6.29. The number of hydrogen-bond acceptors (Lipinski definition) is 2. The third-order valence-corrected chi connectivity index (χ3v) is 2.08. The van der Waals surface area contributed by atoms with Crippen LogP contribution >= 0.6 is 0 Å². The van der Waals surface area contributed by atoms with Gasteiger partial charge >= 0.3 is 0 Å². The Morgan fingerprint density at radius 3 is 2.53 bits per heavy atom. The van der Waals surface area contributed by atoms with Crippen molar-refractivity contribution in [3.8, 4) is 17.6 Å². The van der Waals surface area contributed by atoms with Crippen LogP contribution in [0.25, 0.3) is 0 Å². The molecule has 0 saturated heterocycles. The van der Waals surface area contributed by atoms with Crippen LogP contribution in [0.15, 0.2) is 24.3 Å². The Hall–Kier alpha value is -1.46. The fourth-order valence-electron chi connectivity index (χ4n) is 1.07. The summed E-state index contributed by atoms with van der Waals surface area (Å²) in [5, 5.41) is 8.53. The molecule has 2 heteroatoms. The predicted octanol–water partition coefficient (Wildman–Crippen LogP) is 2.21. The molecule has 0 heterocycles. The van der Waals surface area contributed by atoms with Gasteiger partial charge in [0.25, 0.3) is 0 Å². The first-order valence-electron chi connectivity index (χ1n) is 5.12. The average Bonchev–Trinajstić information content (AvgIpc) is 2.28. The lowest BCUT2D eigenvalue weighted by Gasteiger charge is -2.11. The van der Waals surface area contributed by atoms with Crippen molar-refractivity contribution in [3.05, 3.63) is 29.8 Å². The highest BCUT2D eigenvalue weighted by Crippen LogP contribution is 2.14. The van der Waals surface area contributed by atoms with Crippen LogP contribution in [0.3, 0.4) is 0 Å². The van der Waals surface area contributed by atoms with E-state index in [-0.39, 0.29) is 12.7 Å². The van der Waals surface area contributed by atoms with Gasteiger partial charge in [-0.05, 0) is 37.6 Å². The van der Waals surface area contributed by atoms with Crippen molar-refractivity contribution in [2.24, 2.45) is 0 Å². The van der Waals surface area contributed by atoms with Crippen molar-refractivity contribution < 1.29 is 9.84 Å². The smallest absolute Gasteiger partial charge is 0.119 e. The zero-order valence-electron chi connectivity index (χ0n) is 9.16. The lowest BCUT2D eigenvalue weighted by molar-refractivity contribution is 0.217. The Balaban J connectivity index is 2.64. The Morgan fingerprint density at radius 1 is 1.33 bits per heavy atom. The number of benzene rings is 1. The summed E-state index contributed by atoms with van der Waals surface area (Å²) in [6, 6.07) is 7.57. The van der Waals surface area contributed by atoms with Crippen molar-refractivity contribution in [3.63, 3.8) is 0 Å². The lowest BCUT2D eigenvalue weighted by atomic mass is 10.2. The molecule has 2 nitrogen and oxygen atoms in total. The first-order chi connectivity index (χ1) is 7.26. The second kappa shape index (κ2) is 6.10. The van der Waals surface area contributed by atoms with Gasteiger partial charge in [0.15, 0.2) is 0 Å². The van der Waals surface area contributed by atoms with Gasteiger partial charge in [0.1, 0.15) is 12.4 Å². The van der Waals surface area contributed by atoms with Gasteiger partial charge in [0.05, 0.1) is 6.10 Å². The van der Waals surface area contributed by atoms with Gasteiger partial charge in [0, 0.05) is 5.56 Å². The number of aliphatic hydroxyl groups excluding tert-OH is 1. The quantitative estimate of drug-likeness (QED) is 0.765. The molecule has 1 rings (SSSR count). The normalized spacial score (nSPS) is 11.4. The SMILES string of the molecule is CCC(C)Oc1ccc(C#CCO)cc1. The minimum atomic E-state index is -0.106.